The molecular weight excluding hydrogens is 361 g/mol. The third-order valence-electron chi connectivity index (χ3n) is 4.49. The highest BCUT2D eigenvalue weighted by Crippen LogP contribution is 2.11. The van der Waals surface area contributed by atoms with E-state index in [0.717, 1.165) is 44.1 Å². The molecule has 0 bridgehead atoms. The van der Waals surface area contributed by atoms with Crippen molar-refractivity contribution < 1.29 is 4.79 Å². The van der Waals surface area contributed by atoms with Gasteiger partial charge in [-0.2, -0.15) is 0 Å². The van der Waals surface area contributed by atoms with Gasteiger partial charge in [0.2, 0.25) is 5.91 Å². The Kier molecular flexibility index (Phi) is 8.15. The average Bonchev–Trinajstić information content (AvgIpc) is 2.96. The summed E-state index contributed by atoms with van der Waals surface area (Å²) in [6.45, 7) is 8.01. The molecule has 0 spiro atoms. The second kappa shape index (κ2) is 9.38. The molecule has 3 heterocycles. The van der Waals surface area contributed by atoms with Gasteiger partial charge in [-0.15, -0.1) is 24.8 Å². The number of rotatable bonds is 4. The largest absolute Gasteiger partial charge is 0.339 e. The molecule has 1 saturated heterocycles. The van der Waals surface area contributed by atoms with Crippen LogP contribution < -0.4 is 5.73 Å². The molecule has 2 N–H and O–H groups in total. The van der Waals surface area contributed by atoms with Gasteiger partial charge in [0.25, 0.3) is 0 Å². The van der Waals surface area contributed by atoms with Gasteiger partial charge in [0.05, 0.1) is 11.7 Å². The van der Waals surface area contributed by atoms with Crippen LogP contribution in [0.5, 0.6) is 0 Å². The predicted octanol–water partition coefficient (Wildman–Crippen LogP) is 1.81. The molecule has 1 fully saturated rings. The molecule has 0 aromatic carbocycles. The first-order valence-electron chi connectivity index (χ1n) is 8.24. The van der Waals surface area contributed by atoms with Crippen LogP contribution in [0.1, 0.15) is 19.5 Å². The molecule has 25 heavy (non-hydrogen) atoms. The minimum absolute atomic E-state index is 0. The molecule has 0 unspecified atom stereocenters. The van der Waals surface area contributed by atoms with Crippen molar-refractivity contribution in [1.29, 1.82) is 0 Å². The van der Waals surface area contributed by atoms with Crippen LogP contribution in [-0.4, -0.2) is 57.3 Å². The smallest absolute Gasteiger partial charge is 0.239 e. The molecule has 1 amide bonds. The van der Waals surface area contributed by atoms with Crippen LogP contribution >= 0.6 is 24.8 Å². The van der Waals surface area contributed by atoms with E-state index < -0.39 is 0 Å². The third-order valence-corrected chi connectivity index (χ3v) is 4.49. The first kappa shape index (κ1) is 21.7. The summed E-state index contributed by atoms with van der Waals surface area (Å²) in [5.41, 5.74) is 8.01. The number of aromatic nitrogens is 2. The molecule has 1 aliphatic heterocycles. The van der Waals surface area contributed by atoms with Crippen molar-refractivity contribution in [3.8, 4) is 0 Å². The van der Waals surface area contributed by atoms with Gasteiger partial charge in [0.15, 0.2) is 0 Å². The SMILES string of the molecule is CC(C)[C@H](N)C(=O)N1CCN(Cc2cn3ccccc3n2)CC1.Cl.Cl. The van der Waals surface area contributed by atoms with Crippen molar-refractivity contribution in [3.63, 3.8) is 0 Å². The van der Waals surface area contributed by atoms with E-state index in [1.165, 1.54) is 0 Å². The Bertz CT molecular complexity index is 649. The highest BCUT2D eigenvalue weighted by atomic mass is 35.5. The van der Waals surface area contributed by atoms with E-state index in [9.17, 15) is 4.79 Å². The second-order valence-electron chi connectivity index (χ2n) is 6.57. The maximum atomic E-state index is 12.3. The van der Waals surface area contributed by atoms with E-state index in [1.807, 2.05) is 47.5 Å². The van der Waals surface area contributed by atoms with Gasteiger partial charge < -0.3 is 15.0 Å². The van der Waals surface area contributed by atoms with Crippen LogP contribution in [0.4, 0.5) is 0 Å². The van der Waals surface area contributed by atoms with Crippen LogP contribution in [0.25, 0.3) is 5.65 Å². The standard InChI is InChI=1S/C17H25N5O.2ClH/c1-13(2)16(18)17(23)21-9-7-20(8-10-21)11-14-12-22-6-4-3-5-15(22)19-14;;/h3-6,12-13,16H,7-11,18H2,1-2H3;2*1H/t16-;;/m0../s1. The molecule has 3 rings (SSSR count). The lowest BCUT2D eigenvalue weighted by Crippen LogP contribution is -2.54. The third kappa shape index (κ3) is 5.07. The number of amides is 1. The number of nitrogens with two attached hydrogens (primary N) is 1. The van der Waals surface area contributed by atoms with E-state index in [2.05, 4.69) is 16.1 Å². The second-order valence-corrected chi connectivity index (χ2v) is 6.57. The van der Waals surface area contributed by atoms with Crippen molar-refractivity contribution >= 4 is 36.4 Å². The minimum atomic E-state index is -0.389. The maximum absolute atomic E-state index is 12.3. The summed E-state index contributed by atoms with van der Waals surface area (Å²) in [6.07, 6.45) is 4.08. The van der Waals surface area contributed by atoms with Gasteiger partial charge in [-0.3, -0.25) is 9.69 Å². The Balaban J connectivity index is 0.00000156. The summed E-state index contributed by atoms with van der Waals surface area (Å²) in [4.78, 5) is 21.2. The Labute approximate surface area is 161 Å². The number of halogens is 2. The summed E-state index contributed by atoms with van der Waals surface area (Å²) in [5, 5.41) is 0. The molecule has 0 aliphatic carbocycles. The normalized spacial score (nSPS) is 16.4. The topological polar surface area (TPSA) is 66.9 Å². The van der Waals surface area contributed by atoms with Crippen LogP contribution in [0.3, 0.4) is 0 Å². The minimum Gasteiger partial charge on any atom is -0.339 e. The lowest BCUT2D eigenvalue weighted by atomic mass is 10.0. The van der Waals surface area contributed by atoms with E-state index in [0.29, 0.717) is 0 Å². The van der Waals surface area contributed by atoms with Gasteiger partial charge in [-0.05, 0) is 18.1 Å². The number of fused-ring (bicyclic) bond motifs is 1. The molecule has 1 atom stereocenters. The summed E-state index contributed by atoms with van der Waals surface area (Å²) in [6, 6.07) is 5.61. The zero-order valence-electron chi connectivity index (χ0n) is 14.7. The number of pyridine rings is 1. The fraction of sp³-hybridized carbons (Fsp3) is 0.529. The summed E-state index contributed by atoms with van der Waals surface area (Å²) < 4.78 is 2.04. The Morgan fingerprint density at radius 2 is 1.88 bits per heavy atom. The number of imidazole rings is 1. The van der Waals surface area contributed by atoms with Crippen LogP contribution in [0.2, 0.25) is 0 Å². The first-order valence-corrected chi connectivity index (χ1v) is 8.24. The molecule has 2 aromatic rings. The lowest BCUT2D eigenvalue weighted by Gasteiger charge is -2.36. The molecule has 0 saturated carbocycles. The van der Waals surface area contributed by atoms with E-state index in [4.69, 9.17) is 5.73 Å². The molecule has 0 radical (unpaired) electrons. The number of hydrogen-bond acceptors (Lipinski definition) is 4. The predicted molar refractivity (Wildman–Crippen MR) is 104 cm³/mol. The monoisotopic (exact) mass is 387 g/mol. The number of hydrogen-bond donors (Lipinski definition) is 1. The lowest BCUT2D eigenvalue weighted by molar-refractivity contribution is -0.135. The summed E-state index contributed by atoms with van der Waals surface area (Å²) >= 11 is 0. The van der Waals surface area contributed by atoms with Crippen molar-refractivity contribution in [1.82, 2.24) is 19.2 Å². The molecule has 1 aliphatic rings. The Morgan fingerprint density at radius 3 is 2.48 bits per heavy atom. The summed E-state index contributed by atoms with van der Waals surface area (Å²) in [5.74, 6) is 0.255. The van der Waals surface area contributed by atoms with Crippen molar-refractivity contribution in [2.24, 2.45) is 11.7 Å². The number of piperazine rings is 1. The Morgan fingerprint density at radius 1 is 1.20 bits per heavy atom. The zero-order chi connectivity index (χ0) is 16.4. The van der Waals surface area contributed by atoms with Gasteiger partial charge in [0.1, 0.15) is 5.65 Å². The summed E-state index contributed by atoms with van der Waals surface area (Å²) in [7, 11) is 0. The van der Waals surface area contributed by atoms with Crippen molar-refractivity contribution in [2.75, 3.05) is 26.2 Å². The molecule has 2 aromatic heterocycles. The van der Waals surface area contributed by atoms with E-state index in [1.54, 1.807) is 0 Å². The number of carbonyl (C=O) groups is 1. The molecule has 140 valence electrons. The zero-order valence-corrected chi connectivity index (χ0v) is 16.3. The van der Waals surface area contributed by atoms with Crippen LogP contribution in [-0.2, 0) is 11.3 Å². The maximum Gasteiger partial charge on any atom is 0.239 e. The molecule has 6 nitrogen and oxygen atoms in total. The van der Waals surface area contributed by atoms with Gasteiger partial charge in [0, 0.05) is 45.1 Å². The number of nitrogens with zero attached hydrogens (tertiary/aromatic N) is 4. The quantitative estimate of drug-likeness (QED) is 0.868. The average molecular weight is 388 g/mol. The van der Waals surface area contributed by atoms with Gasteiger partial charge >= 0.3 is 0 Å². The molecule has 8 heteroatoms. The highest BCUT2D eigenvalue weighted by Gasteiger charge is 2.27. The van der Waals surface area contributed by atoms with Gasteiger partial charge in [-0.25, -0.2) is 4.98 Å². The molecular formula is C17H27Cl2N5O. The highest BCUT2D eigenvalue weighted by molar-refractivity contribution is 5.85. The first-order chi connectivity index (χ1) is 11.0. The van der Waals surface area contributed by atoms with E-state index >= 15 is 0 Å². The van der Waals surface area contributed by atoms with Crippen molar-refractivity contribution in [3.05, 3.63) is 36.3 Å². The Hall–Kier alpha value is -1.34. The number of carbonyl (C=O) groups excluding carboxylic acids is 1. The van der Waals surface area contributed by atoms with Crippen molar-refractivity contribution in [2.45, 2.75) is 26.4 Å². The fourth-order valence-electron chi connectivity index (χ4n) is 2.91. The van der Waals surface area contributed by atoms with Crippen LogP contribution in [0.15, 0.2) is 30.6 Å². The van der Waals surface area contributed by atoms with Gasteiger partial charge in [-0.1, -0.05) is 19.9 Å². The fourth-order valence-corrected chi connectivity index (χ4v) is 2.91. The van der Waals surface area contributed by atoms with E-state index in [-0.39, 0.29) is 42.7 Å². The van der Waals surface area contributed by atoms with Crippen LogP contribution in [0, 0.1) is 5.92 Å².